The SMILES string of the molecule is CC.CCC(CC)(C1CC1)C(C#N)C(N)=O.CNc1ccccc1. The zero-order valence-electron chi connectivity index (χ0n) is 15.8. The number of nitrogens with two attached hydrogens (primary N) is 1. The second kappa shape index (κ2) is 11.5. The van der Waals surface area contributed by atoms with Crippen LogP contribution in [0.4, 0.5) is 5.69 Å². The van der Waals surface area contributed by atoms with Crippen LogP contribution in [0.15, 0.2) is 30.3 Å². The maximum atomic E-state index is 11.2. The van der Waals surface area contributed by atoms with Gasteiger partial charge in [-0.2, -0.15) is 5.26 Å². The predicted octanol–water partition coefficient (Wildman–Crippen LogP) is 4.58. The summed E-state index contributed by atoms with van der Waals surface area (Å²) in [5.74, 6) is -0.525. The quantitative estimate of drug-likeness (QED) is 0.800. The summed E-state index contributed by atoms with van der Waals surface area (Å²) >= 11 is 0. The number of nitrogens with one attached hydrogen (secondary N) is 1. The number of carbonyl (C=O) groups excluding carboxylic acids is 1. The number of primary amides is 1. The van der Waals surface area contributed by atoms with E-state index in [4.69, 9.17) is 11.0 Å². The van der Waals surface area contributed by atoms with Gasteiger partial charge in [-0.15, -0.1) is 0 Å². The van der Waals surface area contributed by atoms with Gasteiger partial charge in [0.25, 0.3) is 0 Å². The monoisotopic (exact) mass is 331 g/mol. The summed E-state index contributed by atoms with van der Waals surface area (Å²) in [6, 6.07) is 12.2. The summed E-state index contributed by atoms with van der Waals surface area (Å²) in [5.41, 5.74) is 6.30. The predicted molar refractivity (Wildman–Crippen MR) is 101 cm³/mol. The molecule has 0 bridgehead atoms. The minimum absolute atomic E-state index is 0.152. The van der Waals surface area contributed by atoms with Gasteiger partial charge in [-0.1, -0.05) is 45.9 Å². The summed E-state index contributed by atoms with van der Waals surface area (Å²) < 4.78 is 0. The first-order chi connectivity index (χ1) is 11.6. The van der Waals surface area contributed by atoms with Crippen molar-refractivity contribution in [2.24, 2.45) is 23.0 Å². The number of rotatable bonds is 6. The van der Waals surface area contributed by atoms with Crippen molar-refractivity contribution in [1.82, 2.24) is 0 Å². The Hall–Kier alpha value is -2.02. The van der Waals surface area contributed by atoms with Crippen molar-refractivity contribution in [3.63, 3.8) is 0 Å². The van der Waals surface area contributed by atoms with Crippen molar-refractivity contribution in [3.8, 4) is 6.07 Å². The third-order valence-corrected chi connectivity index (χ3v) is 4.76. The molecule has 1 atom stereocenters. The number of nitrogens with zero attached hydrogens (tertiary/aromatic N) is 1. The van der Waals surface area contributed by atoms with Crippen molar-refractivity contribution in [1.29, 1.82) is 5.26 Å². The Morgan fingerprint density at radius 3 is 2.04 bits per heavy atom. The molecule has 3 N–H and O–H groups in total. The van der Waals surface area contributed by atoms with Crippen molar-refractivity contribution >= 4 is 11.6 Å². The fraction of sp³-hybridized carbons (Fsp3) is 0.600. The molecule has 1 unspecified atom stereocenters. The molecule has 4 nitrogen and oxygen atoms in total. The number of anilines is 1. The first kappa shape index (κ1) is 22.0. The minimum Gasteiger partial charge on any atom is -0.388 e. The summed E-state index contributed by atoms with van der Waals surface area (Å²) in [6.45, 7) is 8.10. The summed E-state index contributed by atoms with van der Waals surface area (Å²) in [4.78, 5) is 11.2. The minimum atomic E-state index is -0.606. The lowest BCUT2D eigenvalue weighted by Gasteiger charge is -2.34. The van der Waals surface area contributed by atoms with Crippen LogP contribution in [0.1, 0.15) is 53.4 Å². The highest BCUT2D eigenvalue weighted by atomic mass is 16.1. The van der Waals surface area contributed by atoms with Gasteiger partial charge in [0.2, 0.25) is 5.91 Å². The molecule has 0 saturated heterocycles. The van der Waals surface area contributed by atoms with E-state index >= 15 is 0 Å². The zero-order chi connectivity index (χ0) is 18.6. The van der Waals surface area contributed by atoms with Crippen LogP contribution in [0.5, 0.6) is 0 Å². The van der Waals surface area contributed by atoms with E-state index in [9.17, 15) is 4.79 Å². The molecule has 0 spiro atoms. The van der Waals surface area contributed by atoms with Gasteiger partial charge < -0.3 is 11.1 Å². The Morgan fingerprint density at radius 1 is 1.29 bits per heavy atom. The maximum Gasteiger partial charge on any atom is 0.235 e. The number of amides is 1. The topological polar surface area (TPSA) is 78.9 Å². The molecule has 1 fully saturated rings. The molecular weight excluding hydrogens is 298 g/mol. The molecule has 1 aliphatic rings. The zero-order valence-corrected chi connectivity index (χ0v) is 15.8. The molecule has 1 aromatic rings. The Labute approximate surface area is 147 Å². The van der Waals surface area contributed by atoms with Crippen LogP contribution in [0.2, 0.25) is 0 Å². The molecule has 24 heavy (non-hydrogen) atoms. The van der Waals surface area contributed by atoms with Gasteiger partial charge in [0.1, 0.15) is 5.92 Å². The third-order valence-electron chi connectivity index (χ3n) is 4.76. The second-order valence-electron chi connectivity index (χ2n) is 5.80. The van der Waals surface area contributed by atoms with Crippen molar-refractivity contribution < 1.29 is 4.79 Å². The lowest BCUT2D eigenvalue weighted by Crippen LogP contribution is -2.39. The van der Waals surface area contributed by atoms with Gasteiger partial charge in [0.15, 0.2) is 0 Å². The van der Waals surface area contributed by atoms with Crippen LogP contribution in [0.3, 0.4) is 0 Å². The third kappa shape index (κ3) is 5.88. The first-order valence-electron chi connectivity index (χ1n) is 8.97. The molecule has 1 aliphatic carbocycles. The number of para-hydroxylation sites is 1. The van der Waals surface area contributed by atoms with Gasteiger partial charge in [-0.05, 0) is 49.1 Å². The molecular formula is C20H33N3O. The Balaban J connectivity index is 0.000000447. The van der Waals surface area contributed by atoms with E-state index in [0.29, 0.717) is 5.92 Å². The van der Waals surface area contributed by atoms with Gasteiger partial charge in [-0.3, -0.25) is 4.79 Å². The van der Waals surface area contributed by atoms with E-state index in [1.807, 2.05) is 51.2 Å². The Morgan fingerprint density at radius 2 is 1.79 bits per heavy atom. The number of benzene rings is 1. The molecule has 2 rings (SSSR count). The smallest absolute Gasteiger partial charge is 0.235 e. The van der Waals surface area contributed by atoms with E-state index in [0.717, 1.165) is 31.4 Å². The molecule has 134 valence electrons. The largest absolute Gasteiger partial charge is 0.388 e. The number of hydrogen-bond acceptors (Lipinski definition) is 3. The fourth-order valence-electron chi connectivity index (χ4n) is 3.21. The van der Waals surface area contributed by atoms with E-state index in [-0.39, 0.29) is 5.41 Å². The van der Waals surface area contributed by atoms with E-state index < -0.39 is 11.8 Å². The molecule has 1 saturated carbocycles. The van der Waals surface area contributed by atoms with Crippen LogP contribution >= 0.6 is 0 Å². The normalized spacial score (nSPS) is 14.0. The molecule has 1 amide bonds. The Bertz CT molecular complexity index is 499. The molecule has 0 aliphatic heterocycles. The molecule has 1 aromatic carbocycles. The highest BCUT2D eigenvalue weighted by molar-refractivity contribution is 5.80. The van der Waals surface area contributed by atoms with Crippen LogP contribution in [-0.2, 0) is 4.79 Å². The van der Waals surface area contributed by atoms with Crippen molar-refractivity contribution in [2.75, 3.05) is 12.4 Å². The molecule has 0 aromatic heterocycles. The Kier molecular flexibility index (Phi) is 10.5. The van der Waals surface area contributed by atoms with Crippen LogP contribution in [0, 0.1) is 28.6 Å². The first-order valence-corrected chi connectivity index (χ1v) is 8.97. The average molecular weight is 332 g/mol. The molecule has 0 radical (unpaired) electrons. The summed E-state index contributed by atoms with van der Waals surface area (Å²) in [6.07, 6.45) is 4.03. The van der Waals surface area contributed by atoms with Gasteiger partial charge in [0.05, 0.1) is 6.07 Å². The van der Waals surface area contributed by atoms with E-state index in [1.165, 1.54) is 0 Å². The van der Waals surface area contributed by atoms with Crippen LogP contribution < -0.4 is 11.1 Å². The van der Waals surface area contributed by atoms with Crippen molar-refractivity contribution in [3.05, 3.63) is 30.3 Å². The standard InChI is InChI=1S/C11H18N2O.C7H9N.C2H6/c1-3-11(4-2,8-5-6-8)9(7-12)10(13)14;1-8-7-5-3-2-4-6-7;1-2/h8-9H,3-6H2,1-2H3,(H2,13,14);2-6,8H,1H3;1-2H3. The number of hydrogen-bond donors (Lipinski definition) is 2. The maximum absolute atomic E-state index is 11.2. The van der Waals surface area contributed by atoms with Crippen LogP contribution in [-0.4, -0.2) is 13.0 Å². The van der Waals surface area contributed by atoms with E-state index in [1.54, 1.807) is 0 Å². The summed E-state index contributed by atoms with van der Waals surface area (Å²) in [5, 5.41) is 12.0. The van der Waals surface area contributed by atoms with Gasteiger partial charge in [0, 0.05) is 12.7 Å². The van der Waals surface area contributed by atoms with E-state index in [2.05, 4.69) is 25.2 Å². The lowest BCUT2D eigenvalue weighted by atomic mass is 9.68. The highest BCUT2D eigenvalue weighted by Crippen LogP contribution is 2.54. The van der Waals surface area contributed by atoms with Crippen LogP contribution in [0.25, 0.3) is 0 Å². The average Bonchev–Trinajstić information content (AvgIpc) is 3.48. The fourth-order valence-corrected chi connectivity index (χ4v) is 3.21. The number of carbonyl (C=O) groups is 1. The lowest BCUT2D eigenvalue weighted by molar-refractivity contribution is -0.124. The molecule has 0 heterocycles. The highest BCUT2D eigenvalue weighted by Gasteiger charge is 2.50. The van der Waals surface area contributed by atoms with Gasteiger partial charge in [-0.25, -0.2) is 0 Å². The second-order valence-corrected chi connectivity index (χ2v) is 5.80. The molecule has 4 heteroatoms. The number of nitriles is 1. The van der Waals surface area contributed by atoms with Crippen molar-refractivity contribution in [2.45, 2.75) is 53.4 Å². The van der Waals surface area contributed by atoms with Gasteiger partial charge >= 0.3 is 0 Å². The summed E-state index contributed by atoms with van der Waals surface area (Å²) in [7, 11) is 1.91.